The number of hydrogen-bond acceptors (Lipinski definition) is 4. The molecule has 0 aliphatic carbocycles. The molecule has 1 aromatic carbocycles. The van der Waals surface area contributed by atoms with Gasteiger partial charge in [0.2, 0.25) is 0 Å². The van der Waals surface area contributed by atoms with Crippen molar-refractivity contribution in [2.75, 3.05) is 32.8 Å². The summed E-state index contributed by atoms with van der Waals surface area (Å²) in [5.41, 5.74) is 1.98. The first-order valence-corrected chi connectivity index (χ1v) is 9.84. The molecule has 0 bridgehead atoms. The molecule has 28 heavy (non-hydrogen) atoms. The van der Waals surface area contributed by atoms with Gasteiger partial charge in [0.1, 0.15) is 11.4 Å². The first kappa shape index (κ1) is 19.9. The minimum Gasteiger partial charge on any atom is -0.493 e. The Hall–Kier alpha value is -2.83. The van der Waals surface area contributed by atoms with Crippen LogP contribution in [0, 0.1) is 5.92 Å². The molecule has 2 amide bonds. The summed E-state index contributed by atoms with van der Waals surface area (Å²) in [5, 5.41) is 7.11. The molecule has 3 rings (SSSR count). The molecule has 1 fully saturated rings. The third-order valence-corrected chi connectivity index (χ3v) is 4.75. The number of nitrogens with one attached hydrogen (secondary N) is 1. The number of nitrogens with zero attached hydrogens (tertiary/aromatic N) is 3. The largest absolute Gasteiger partial charge is 0.493 e. The van der Waals surface area contributed by atoms with Crippen molar-refractivity contribution >= 4 is 11.8 Å². The third kappa shape index (κ3) is 4.52. The fraction of sp³-hybridized carbons (Fsp3) is 0.476. The Bertz CT molecular complexity index is 823. The predicted octanol–water partition coefficient (Wildman–Crippen LogP) is 2.61. The van der Waals surface area contributed by atoms with Gasteiger partial charge in [-0.2, -0.15) is 5.10 Å². The molecule has 1 N–H and O–H groups in total. The van der Waals surface area contributed by atoms with Gasteiger partial charge in [0, 0.05) is 31.9 Å². The van der Waals surface area contributed by atoms with E-state index in [2.05, 4.69) is 24.0 Å². The minimum absolute atomic E-state index is 0.0601. The summed E-state index contributed by atoms with van der Waals surface area (Å²) in [7, 11) is 0. The van der Waals surface area contributed by atoms with Gasteiger partial charge >= 0.3 is 0 Å². The number of carbonyl (C=O) groups is 2. The summed E-state index contributed by atoms with van der Waals surface area (Å²) < 4.78 is 5.57. The van der Waals surface area contributed by atoms with Crippen LogP contribution in [-0.4, -0.2) is 64.6 Å². The van der Waals surface area contributed by atoms with Crippen molar-refractivity contribution in [3.63, 3.8) is 0 Å². The highest BCUT2D eigenvalue weighted by Gasteiger charge is 2.27. The molecule has 0 radical (unpaired) electrons. The van der Waals surface area contributed by atoms with E-state index in [0.717, 1.165) is 12.1 Å². The SMILES string of the molecule is CCOc1ccccc1C(=O)N1CCN(C(=O)c2cc(CC(C)C)[nH]n2)CC1. The Morgan fingerprint density at radius 2 is 1.75 bits per heavy atom. The molecule has 7 nitrogen and oxygen atoms in total. The van der Waals surface area contributed by atoms with Gasteiger partial charge in [-0.15, -0.1) is 0 Å². The maximum Gasteiger partial charge on any atom is 0.274 e. The maximum atomic E-state index is 12.9. The number of carbonyl (C=O) groups excluding carboxylic acids is 2. The molecule has 2 heterocycles. The van der Waals surface area contributed by atoms with E-state index in [4.69, 9.17) is 4.74 Å². The van der Waals surface area contributed by atoms with Crippen molar-refractivity contribution in [1.82, 2.24) is 20.0 Å². The molecule has 0 spiro atoms. The molecule has 2 aromatic rings. The summed E-state index contributed by atoms with van der Waals surface area (Å²) in [6.07, 6.45) is 0.863. The minimum atomic E-state index is -0.0897. The van der Waals surface area contributed by atoms with Gasteiger partial charge in [0.25, 0.3) is 11.8 Å². The zero-order chi connectivity index (χ0) is 20.1. The normalized spacial score (nSPS) is 14.4. The van der Waals surface area contributed by atoms with Gasteiger partial charge < -0.3 is 14.5 Å². The van der Waals surface area contributed by atoms with E-state index < -0.39 is 0 Å². The molecular formula is C21H28N4O3. The number of para-hydroxylation sites is 1. The Kier molecular flexibility index (Phi) is 6.34. The van der Waals surface area contributed by atoms with Gasteiger partial charge in [-0.25, -0.2) is 0 Å². The number of amides is 2. The molecule has 0 saturated carbocycles. The Labute approximate surface area is 165 Å². The lowest BCUT2D eigenvalue weighted by Gasteiger charge is -2.34. The molecule has 1 saturated heterocycles. The van der Waals surface area contributed by atoms with Gasteiger partial charge in [-0.05, 0) is 37.5 Å². The second-order valence-electron chi connectivity index (χ2n) is 7.39. The number of aromatic amines is 1. The fourth-order valence-corrected chi connectivity index (χ4v) is 3.39. The lowest BCUT2D eigenvalue weighted by molar-refractivity contribution is 0.0530. The van der Waals surface area contributed by atoms with E-state index in [1.165, 1.54) is 0 Å². The molecule has 150 valence electrons. The quantitative estimate of drug-likeness (QED) is 0.830. The summed E-state index contributed by atoms with van der Waals surface area (Å²) in [6.45, 7) is 8.64. The molecule has 1 aliphatic rings. The highest BCUT2D eigenvalue weighted by molar-refractivity contribution is 5.97. The zero-order valence-electron chi connectivity index (χ0n) is 16.8. The van der Waals surface area contributed by atoms with Crippen LogP contribution in [0.1, 0.15) is 47.3 Å². The summed E-state index contributed by atoms with van der Waals surface area (Å²) >= 11 is 0. The van der Waals surface area contributed by atoms with Crippen LogP contribution in [0.2, 0.25) is 0 Å². The van der Waals surface area contributed by atoms with Crippen molar-refractivity contribution in [2.45, 2.75) is 27.2 Å². The van der Waals surface area contributed by atoms with Crippen LogP contribution in [0.3, 0.4) is 0 Å². The first-order valence-electron chi connectivity index (χ1n) is 9.84. The number of aromatic nitrogens is 2. The van der Waals surface area contributed by atoms with Crippen LogP contribution in [0.25, 0.3) is 0 Å². The number of rotatable bonds is 6. The number of ether oxygens (including phenoxy) is 1. The Morgan fingerprint density at radius 3 is 2.39 bits per heavy atom. The van der Waals surface area contributed by atoms with Crippen LogP contribution < -0.4 is 4.74 Å². The maximum absolute atomic E-state index is 12.9. The fourth-order valence-electron chi connectivity index (χ4n) is 3.39. The van der Waals surface area contributed by atoms with Crippen molar-refractivity contribution in [2.24, 2.45) is 5.92 Å². The van der Waals surface area contributed by atoms with E-state index >= 15 is 0 Å². The third-order valence-electron chi connectivity index (χ3n) is 4.75. The van der Waals surface area contributed by atoms with Gasteiger partial charge in [0.05, 0.1) is 12.2 Å². The number of piperazine rings is 1. The molecule has 7 heteroatoms. The monoisotopic (exact) mass is 384 g/mol. The van der Waals surface area contributed by atoms with Gasteiger partial charge in [0.15, 0.2) is 0 Å². The van der Waals surface area contributed by atoms with Crippen LogP contribution >= 0.6 is 0 Å². The number of H-pyrrole nitrogens is 1. The second-order valence-corrected chi connectivity index (χ2v) is 7.39. The Balaban J connectivity index is 1.60. The molecule has 0 atom stereocenters. The smallest absolute Gasteiger partial charge is 0.274 e. The van der Waals surface area contributed by atoms with Crippen molar-refractivity contribution in [3.8, 4) is 5.75 Å². The lowest BCUT2D eigenvalue weighted by Crippen LogP contribution is -2.50. The standard InChI is InChI=1S/C21H28N4O3/c1-4-28-19-8-6-5-7-17(19)20(26)24-9-11-25(12-10-24)21(27)18-14-16(22-23-18)13-15(2)3/h5-8,14-15H,4,9-13H2,1-3H3,(H,22,23). The predicted molar refractivity (Wildman–Crippen MR) is 107 cm³/mol. The Morgan fingerprint density at radius 1 is 1.11 bits per heavy atom. The molecule has 1 aliphatic heterocycles. The van der Waals surface area contributed by atoms with Gasteiger partial charge in [-0.1, -0.05) is 26.0 Å². The highest BCUT2D eigenvalue weighted by atomic mass is 16.5. The van der Waals surface area contributed by atoms with Crippen LogP contribution in [-0.2, 0) is 6.42 Å². The number of benzene rings is 1. The molecule has 0 unspecified atom stereocenters. The van der Waals surface area contributed by atoms with Crippen LogP contribution in [0.4, 0.5) is 0 Å². The van der Waals surface area contributed by atoms with E-state index in [-0.39, 0.29) is 11.8 Å². The van der Waals surface area contributed by atoms with Crippen molar-refractivity contribution in [3.05, 3.63) is 47.3 Å². The molecule has 1 aromatic heterocycles. The average Bonchev–Trinajstić information content (AvgIpc) is 3.15. The first-order chi connectivity index (χ1) is 13.5. The lowest BCUT2D eigenvalue weighted by atomic mass is 10.1. The highest BCUT2D eigenvalue weighted by Crippen LogP contribution is 2.21. The van der Waals surface area contributed by atoms with Crippen molar-refractivity contribution in [1.29, 1.82) is 0 Å². The summed E-state index contributed by atoms with van der Waals surface area (Å²) in [6, 6.07) is 9.11. The zero-order valence-corrected chi connectivity index (χ0v) is 16.8. The van der Waals surface area contributed by atoms with Crippen LogP contribution in [0.15, 0.2) is 30.3 Å². The topological polar surface area (TPSA) is 78.5 Å². The van der Waals surface area contributed by atoms with E-state index in [9.17, 15) is 9.59 Å². The second kappa shape index (κ2) is 8.91. The van der Waals surface area contributed by atoms with E-state index in [0.29, 0.717) is 55.7 Å². The van der Waals surface area contributed by atoms with E-state index in [1.54, 1.807) is 15.9 Å². The van der Waals surface area contributed by atoms with E-state index in [1.807, 2.05) is 31.2 Å². The average molecular weight is 384 g/mol. The van der Waals surface area contributed by atoms with Crippen molar-refractivity contribution < 1.29 is 14.3 Å². The molecular weight excluding hydrogens is 356 g/mol. The summed E-state index contributed by atoms with van der Waals surface area (Å²) in [5.74, 6) is 0.948. The van der Waals surface area contributed by atoms with Crippen LogP contribution in [0.5, 0.6) is 5.75 Å². The number of hydrogen-bond donors (Lipinski definition) is 1. The van der Waals surface area contributed by atoms with Gasteiger partial charge in [-0.3, -0.25) is 14.7 Å². The summed E-state index contributed by atoms with van der Waals surface area (Å²) in [4.78, 5) is 29.1.